The molecule has 2 aromatic carbocycles. The van der Waals surface area contributed by atoms with Gasteiger partial charge < -0.3 is 10.2 Å². The second kappa shape index (κ2) is 14.1. The Morgan fingerprint density at radius 1 is 1.08 bits per heavy atom. The molecule has 1 saturated carbocycles. The van der Waals surface area contributed by atoms with Gasteiger partial charge in [-0.05, 0) is 49.4 Å². The highest BCUT2D eigenvalue weighted by Crippen LogP contribution is 2.24. The summed E-state index contributed by atoms with van der Waals surface area (Å²) >= 11 is 6.37. The van der Waals surface area contributed by atoms with Crippen molar-refractivity contribution in [3.8, 4) is 0 Å². The van der Waals surface area contributed by atoms with E-state index in [1.54, 1.807) is 24.3 Å². The Bertz CT molecular complexity index is 1260. The van der Waals surface area contributed by atoms with Crippen LogP contribution in [0.5, 0.6) is 0 Å². The number of nitrogens with zero attached hydrogens (tertiary/aromatic N) is 2. The minimum atomic E-state index is -3.83. The zero-order valence-electron chi connectivity index (χ0n) is 22.3. The Morgan fingerprint density at radius 3 is 2.38 bits per heavy atom. The van der Waals surface area contributed by atoms with Crippen LogP contribution in [-0.4, -0.2) is 50.0 Å². The van der Waals surface area contributed by atoms with Gasteiger partial charge in [-0.15, -0.1) is 0 Å². The highest BCUT2D eigenvalue weighted by molar-refractivity contribution is 7.92. The maximum atomic E-state index is 13.8. The minimum Gasteiger partial charge on any atom is -0.352 e. The van der Waals surface area contributed by atoms with Crippen LogP contribution in [-0.2, 0) is 26.2 Å². The van der Waals surface area contributed by atoms with Gasteiger partial charge in [-0.1, -0.05) is 56.0 Å². The first kappa shape index (κ1) is 30.8. The first-order valence-electron chi connectivity index (χ1n) is 13.3. The molecule has 1 fully saturated rings. The van der Waals surface area contributed by atoms with E-state index in [-0.39, 0.29) is 49.5 Å². The Morgan fingerprint density at radius 2 is 1.77 bits per heavy atom. The molecule has 1 aliphatic rings. The zero-order chi connectivity index (χ0) is 28.6. The number of nitrogens with one attached hydrogen (secondary N) is 1. The monoisotopic (exact) mass is 583 g/mol. The molecule has 2 amide bonds. The highest BCUT2D eigenvalue weighted by Gasteiger charge is 2.31. The quantitative estimate of drug-likeness (QED) is 0.361. The van der Waals surface area contributed by atoms with Crippen molar-refractivity contribution in [3.05, 3.63) is 64.7 Å². The number of sulfonamides is 1. The lowest BCUT2D eigenvalue weighted by atomic mass is 9.95. The third-order valence-electron chi connectivity index (χ3n) is 6.98. The summed E-state index contributed by atoms with van der Waals surface area (Å²) in [5.41, 5.74) is 0.658. The first-order valence-corrected chi connectivity index (χ1v) is 15.5. The number of hydrogen-bond acceptors (Lipinski definition) is 4. The van der Waals surface area contributed by atoms with E-state index in [2.05, 4.69) is 5.32 Å². The number of rotatable bonds is 12. The molecule has 0 saturated heterocycles. The Labute approximate surface area is 234 Å². The molecule has 0 bridgehead atoms. The molecule has 1 atom stereocenters. The fourth-order valence-corrected chi connectivity index (χ4v) is 6.07. The van der Waals surface area contributed by atoms with Crippen LogP contribution in [0.3, 0.4) is 0 Å². The van der Waals surface area contributed by atoms with E-state index in [0.29, 0.717) is 17.0 Å². The number of benzene rings is 2. The number of carbonyl (C=O) groups excluding carboxylic acids is 2. The van der Waals surface area contributed by atoms with Crippen LogP contribution in [0.15, 0.2) is 42.5 Å². The lowest BCUT2D eigenvalue weighted by Crippen LogP contribution is -2.51. The van der Waals surface area contributed by atoms with Crippen LogP contribution < -0.4 is 9.62 Å². The van der Waals surface area contributed by atoms with Gasteiger partial charge in [0.1, 0.15) is 6.04 Å². The fourth-order valence-electron chi connectivity index (χ4n) is 4.92. The molecule has 3 rings (SSSR count). The van der Waals surface area contributed by atoms with Crippen LogP contribution in [0, 0.1) is 11.6 Å². The van der Waals surface area contributed by atoms with Crippen molar-refractivity contribution in [2.24, 2.45) is 0 Å². The van der Waals surface area contributed by atoms with Crippen molar-refractivity contribution >= 4 is 39.1 Å². The molecule has 0 aromatic heterocycles. The zero-order valence-corrected chi connectivity index (χ0v) is 23.9. The predicted octanol–water partition coefficient (Wildman–Crippen LogP) is 5.42. The van der Waals surface area contributed by atoms with Crippen molar-refractivity contribution in [3.63, 3.8) is 0 Å². The molecule has 0 unspecified atom stereocenters. The van der Waals surface area contributed by atoms with Crippen LogP contribution in [0.1, 0.15) is 63.9 Å². The minimum absolute atomic E-state index is 0.0323. The lowest BCUT2D eigenvalue weighted by molar-refractivity contribution is -0.141. The van der Waals surface area contributed by atoms with E-state index < -0.39 is 27.7 Å². The summed E-state index contributed by atoms with van der Waals surface area (Å²) in [4.78, 5) is 28.4. The SMILES string of the molecule is CC[C@@H](C(=O)NC1CCCCC1)N(Cc1ccccc1Cl)C(=O)CCCN(c1ccc(F)c(F)c1)S(C)(=O)=O. The normalized spacial score (nSPS) is 15.0. The summed E-state index contributed by atoms with van der Waals surface area (Å²) < 4.78 is 52.9. The number of carbonyl (C=O) groups is 2. The van der Waals surface area contributed by atoms with Gasteiger partial charge in [0, 0.05) is 36.6 Å². The molecule has 0 heterocycles. The topological polar surface area (TPSA) is 86.8 Å². The average molecular weight is 584 g/mol. The van der Waals surface area contributed by atoms with Gasteiger partial charge in [-0.2, -0.15) is 0 Å². The number of hydrogen-bond donors (Lipinski definition) is 1. The summed E-state index contributed by atoms with van der Waals surface area (Å²) in [6.45, 7) is 1.83. The number of amides is 2. The van der Waals surface area contributed by atoms with Crippen LogP contribution in [0.2, 0.25) is 5.02 Å². The number of anilines is 1. The summed E-state index contributed by atoms with van der Waals surface area (Å²) in [7, 11) is -3.83. The van der Waals surface area contributed by atoms with E-state index in [9.17, 15) is 26.8 Å². The average Bonchev–Trinajstić information content (AvgIpc) is 2.89. The number of halogens is 3. The third kappa shape index (κ3) is 8.63. The van der Waals surface area contributed by atoms with Gasteiger partial charge in [0.05, 0.1) is 11.9 Å². The molecule has 0 spiro atoms. The Balaban J connectivity index is 1.77. The van der Waals surface area contributed by atoms with Crippen LogP contribution >= 0.6 is 11.6 Å². The molecule has 0 radical (unpaired) electrons. The summed E-state index contributed by atoms with van der Waals surface area (Å²) in [5.74, 6) is -2.81. The van der Waals surface area contributed by atoms with E-state index in [1.807, 2.05) is 6.92 Å². The van der Waals surface area contributed by atoms with E-state index in [1.165, 1.54) is 11.0 Å². The molecule has 2 aromatic rings. The smallest absolute Gasteiger partial charge is 0.243 e. The van der Waals surface area contributed by atoms with Gasteiger partial charge in [0.2, 0.25) is 21.8 Å². The van der Waals surface area contributed by atoms with Crippen molar-refractivity contribution in [1.29, 1.82) is 0 Å². The Kier molecular flexibility index (Phi) is 11.1. The molecule has 0 aliphatic heterocycles. The molecule has 7 nitrogen and oxygen atoms in total. The molecule has 39 heavy (non-hydrogen) atoms. The maximum Gasteiger partial charge on any atom is 0.243 e. The van der Waals surface area contributed by atoms with Gasteiger partial charge in [0.25, 0.3) is 0 Å². The van der Waals surface area contributed by atoms with Crippen LogP contribution in [0.4, 0.5) is 14.5 Å². The molecule has 11 heteroatoms. The second-order valence-corrected chi connectivity index (χ2v) is 12.2. The van der Waals surface area contributed by atoms with Gasteiger partial charge >= 0.3 is 0 Å². The lowest BCUT2D eigenvalue weighted by Gasteiger charge is -2.33. The molecule has 214 valence electrons. The van der Waals surface area contributed by atoms with Gasteiger partial charge in [-0.25, -0.2) is 17.2 Å². The Hall–Kier alpha value is -2.72. The summed E-state index contributed by atoms with van der Waals surface area (Å²) in [6.07, 6.45) is 6.46. The van der Waals surface area contributed by atoms with Gasteiger partial charge in [0.15, 0.2) is 11.6 Å². The largest absolute Gasteiger partial charge is 0.352 e. The van der Waals surface area contributed by atoms with Gasteiger partial charge in [-0.3, -0.25) is 13.9 Å². The molecular weight excluding hydrogens is 548 g/mol. The van der Waals surface area contributed by atoms with E-state index in [4.69, 9.17) is 11.6 Å². The third-order valence-corrected chi connectivity index (χ3v) is 8.54. The summed E-state index contributed by atoms with van der Waals surface area (Å²) in [5, 5.41) is 3.58. The van der Waals surface area contributed by atoms with Crippen molar-refractivity contribution < 1.29 is 26.8 Å². The molecule has 1 aliphatic carbocycles. The molecule has 1 N–H and O–H groups in total. The molecular formula is C28H36ClF2N3O4S. The predicted molar refractivity (Wildman–Crippen MR) is 149 cm³/mol. The van der Waals surface area contributed by atoms with E-state index >= 15 is 0 Å². The van der Waals surface area contributed by atoms with E-state index in [0.717, 1.165) is 54.8 Å². The standard InChI is InChI=1S/C28H36ClF2N3O4S/c1-3-26(28(36)32-21-11-5-4-6-12-21)33(19-20-10-7-8-13-23(20)29)27(35)14-9-17-34(39(2,37)38)22-15-16-24(30)25(31)18-22/h7-8,10,13,15-16,18,21,26H,3-6,9,11-12,14,17,19H2,1-2H3,(H,32,36)/t26-/m0/s1. The van der Waals surface area contributed by atoms with Crippen LogP contribution in [0.25, 0.3) is 0 Å². The van der Waals surface area contributed by atoms with Crippen molar-refractivity contribution in [2.75, 3.05) is 17.1 Å². The second-order valence-electron chi connectivity index (χ2n) is 9.92. The van der Waals surface area contributed by atoms with Crippen molar-refractivity contribution in [1.82, 2.24) is 10.2 Å². The maximum absolute atomic E-state index is 13.8. The summed E-state index contributed by atoms with van der Waals surface area (Å²) in [6, 6.07) is 9.29. The highest BCUT2D eigenvalue weighted by atomic mass is 35.5. The fraction of sp³-hybridized carbons (Fsp3) is 0.500. The first-order chi connectivity index (χ1) is 18.5. The van der Waals surface area contributed by atoms with Crippen molar-refractivity contribution in [2.45, 2.75) is 76.9 Å².